The number of nitrogens with one attached hydrogen (secondary N) is 1. The van der Waals surface area contributed by atoms with E-state index in [2.05, 4.69) is 10.3 Å². The Morgan fingerprint density at radius 2 is 1.42 bits per heavy atom. The lowest BCUT2D eigenvalue weighted by Gasteiger charge is -2.08. The van der Waals surface area contributed by atoms with Gasteiger partial charge in [-0.05, 0) is 29.8 Å². The molecule has 0 aliphatic rings. The molecule has 164 valence electrons. The summed E-state index contributed by atoms with van der Waals surface area (Å²) in [6, 6.07) is 10.9. The van der Waals surface area contributed by atoms with Crippen LogP contribution in [0.15, 0.2) is 41.8 Å². The third-order valence-electron chi connectivity index (χ3n) is 4.32. The van der Waals surface area contributed by atoms with Crippen LogP contribution in [0.4, 0.5) is 5.13 Å². The highest BCUT2D eigenvalue weighted by atomic mass is 32.2. The normalized spacial score (nSPS) is 10.5. The second-order valence-corrected chi connectivity index (χ2v) is 8.26. The van der Waals surface area contributed by atoms with Crippen molar-refractivity contribution in [3.05, 3.63) is 58.6 Å². The minimum atomic E-state index is -0.269. The van der Waals surface area contributed by atoms with Crippen molar-refractivity contribution in [2.75, 3.05) is 33.8 Å². The maximum absolute atomic E-state index is 12.6. The third kappa shape index (κ3) is 6.28. The summed E-state index contributed by atoms with van der Waals surface area (Å²) in [7, 11) is 6.36. The summed E-state index contributed by atoms with van der Waals surface area (Å²) < 4.78 is 21.1. The van der Waals surface area contributed by atoms with E-state index in [4.69, 9.17) is 18.9 Å². The van der Waals surface area contributed by atoms with Crippen molar-refractivity contribution in [3.63, 3.8) is 0 Å². The van der Waals surface area contributed by atoms with Crippen LogP contribution in [0.25, 0.3) is 0 Å². The number of benzene rings is 2. The fraction of sp³-hybridized carbons (Fsp3) is 0.273. The van der Waals surface area contributed by atoms with Crippen LogP contribution >= 0.6 is 23.1 Å². The van der Waals surface area contributed by atoms with Gasteiger partial charge in [0.05, 0.1) is 34.1 Å². The first kappa shape index (κ1) is 22.8. The molecular weight excluding hydrogens is 436 g/mol. The van der Waals surface area contributed by atoms with E-state index in [1.54, 1.807) is 58.4 Å². The number of carbonyl (C=O) groups excluding carboxylic acids is 1. The summed E-state index contributed by atoms with van der Waals surface area (Å²) in [6.45, 7) is 0. The molecular formula is C22H24N2O5S2. The van der Waals surface area contributed by atoms with Crippen molar-refractivity contribution in [2.45, 2.75) is 11.5 Å². The first-order chi connectivity index (χ1) is 15.0. The van der Waals surface area contributed by atoms with Crippen LogP contribution in [0.5, 0.6) is 23.0 Å². The molecule has 0 saturated heterocycles. The van der Waals surface area contributed by atoms with Crippen LogP contribution in [-0.4, -0.2) is 39.3 Å². The van der Waals surface area contributed by atoms with E-state index in [0.717, 1.165) is 34.3 Å². The molecule has 7 nitrogen and oxygen atoms in total. The zero-order valence-electron chi connectivity index (χ0n) is 17.8. The zero-order valence-corrected chi connectivity index (χ0v) is 19.4. The minimum absolute atomic E-state index is 0.269. The molecule has 1 amide bonds. The molecule has 0 bridgehead atoms. The van der Waals surface area contributed by atoms with Crippen molar-refractivity contribution < 1.29 is 23.7 Å². The van der Waals surface area contributed by atoms with Crippen molar-refractivity contribution in [3.8, 4) is 23.0 Å². The number of aromatic nitrogens is 1. The second-order valence-electron chi connectivity index (χ2n) is 6.41. The van der Waals surface area contributed by atoms with Crippen LogP contribution in [0.2, 0.25) is 0 Å². The summed E-state index contributed by atoms with van der Waals surface area (Å²) in [5.41, 5.74) is 2.45. The Kier molecular flexibility index (Phi) is 8.02. The van der Waals surface area contributed by atoms with Gasteiger partial charge in [0.1, 0.15) is 23.0 Å². The summed E-state index contributed by atoms with van der Waals surface area (Å²) in [6.07, 6.45) is 0. The lowest BCUT2D eigenvalue weighted by molar-refractivity contribution is 0.102. The van der Waals surface area contributed by atoms with E-state index in [9.17, 15) is 4.79 Å². The van der Waals surface area contributed by atoms with Gasteiger partial charge < -0.3 is 18.9 Å². The van der Waals surface area contributed by atoms with Crippen LogP contribution < -0.4 is 24.3 Å². The minimum Gasteiger partial charge on any atom is -0.497 e. The standard InChI is InChI=1S/C22H24N2O5S2/c1-26-17-5-14(6-18(9-17)27-2)11-30-12-16-13-31-22(23-16)24-21(25)15-7-19(28-3)10-20(8-15)29-4/h5-10,13H,11-12H2,1-4H3,(H,23,24,25). The van der Waals surface area contributed by atoms with Gasteiger partial charge in [-0.25, -0.2) is 4.98 Å². The Labute approximate surface area is 189 Å². The molecule has 1 heterocycles. The van der Waals surface area contributed by atoms with E-state index < -0.39 is 0 Å². The van der Waals surface area contributed by atoms with Gasteiger partial charge in [0.15, 0.2) is 5.13 Å². The SMILES string of the molecule is COc1cc(CSCc2csc(NC(=O)c3cc(OC)cc(OC)c3)n2)cc(OC)c1. The largest absolute Gasteiger partial charge is 0.497 e. The Morgan fingerprint density at radius 1 is 0.871 bits per heavy atom. The Morgan fingerprint density at radius 3 is 1.97 bits per heavy atom. The first-order valence-corrected chi connectivity index (χ1v) is 11.4. The van der Waals surface area contributed by atoms with Crippen LogP contribution in [0.1, 0.15) is 21.6 Å². The van der Waals surface area contributed by atoms with Crippen LogP contribution in [-0.2, 0) is 11.5 Å². The van der Waals surface area contributed by atoms with Gasteiger partial charge in [-0.3, -0.25) is 10.1 Å². The number of rotatable bonds is 10. The van der Waals surface area contributed by atoms with Crippen molar-refractivity contribution in [1.29, 1.82) is 0 Å². The molecule has 3 rings (SSSR count). The number of hydrogen-bond donors (Lipinski definition) is 1. The molecule has 0 aliphatic carbocycles. The fourth-order valence-corrected chi connectivity index (χ4v) is 4.43. The molecule has 31 heavy (non-hydrogen) atoms. The Balaban J connectivity index is 1.58. The van der Waals surface area contributed by atoms with E-state index in [1.165, 1.54) is 11.3 Å². The number of thiazole rings is 1. The molecule has 2 aromatic carbocycles. The van der Waals surface area contributed by atoms with Crippen molar-refractivity contribution >= 4 is 34.1 Å². The van der Waals surface area contributed by atoms with Crippen molar-refractivity contribution in [1.82, 2.24) is 4.98 Å². The molecule has 1 aromatic heterocycles. The van der Waals surface area contributed by atoms with Gasteiger partial charge in [0, 0.05) is 34.6 Å². The summed E-state index contributed by atoms with van der Waals surface area (Å²) in [5.74, 6) is 3.87. The van der Waals surface area contributed by atoms with Gasteiger partial charge in [0.25, 0.3) is 5.91 Å². The molecule has 1 N–H and O–H groups in total. The smallest absolute Gasteiger partial charge is 0.257 e. The Bertz CT molecular complexity index is 994. The lowest BCUT2D eigenvalue weighted by Crippen LogP contribution is -2.12. The number of ether oxygens (including phenoxy) is 4. The second kappa shape index (κ2) is 10.9. The maximum atomic E-state index is 12.6. The van der Waals surface area contributed by atoms with Crippen LogP contribution in [0.3, 0.4) is 0 Å². The molecule has 0 saturated carbocycles. The molecule has 0 atom stereocenters. The topological polar surface area (TPSA) is 78.9 Å². The van der Waals surface area contributed by atoms with Gasteiger partial charge in [-0.2, -0.15) is 11.8 Å². The van der Waals surface area contributed by atoms with E-state index >= 15 is 0 Å². The first-order valence-electron chi connectivity index (χ1n) is 9.33. The summed E-state index contributed by atoms with van der Waals surface area (Å²) in [4.78, 5) is 17.1. The predicted molar refractivity (Wildman–Crippen MR) is 124 cm³/mol. The molecule has 0 fully saturated rings. The van der Waals surface area contributed by atoms with Gasteiger partial charge in [0.2, 0.25) is 0 Å². The highest BCUT2D eigenvalue weighted by molar-refractivity contribution is 7.97. The number of anilines is 1. The van der Waals surface area contributed by atoms with Gasteiger partial charge in [-0.1, -0.05) is 0 Å². The number of methoxy groups -OCH3 is 4. The predicted octanol–water partition coefficient (Wildman–Crippen LogP) is 4.86. The number of nitrogens with zero attached hydrogens (tertiary/aromatic N) is 1. The van der Waals surface area contributed by atoms with E-state index in [0.29, 0.717) is 22.2 Å². The van der Waals surface area contributed by atoms with E-state index in [-0.39, 0.29) is 5.91 Å². The number of thioether (sulfide) groups is 1. The maximum Gasteiger partial charge on any atom is 0.257 e. The molecule has 9 heteroatoms. The molecule has 0 spiro atoms. The molecule has 0 aliphatic heterocycles. The number of carbonyl (C=O) groups is 1. The fourth-order valence-electron chi connectivity index (χ4n) is 2.76. The highest BCUT2D eigenvalue weighted by Crippen LogP contribution is 2.28. The highest BCUT2D eigenvalue weighted by Gasteiger charge is 2.12. The van der Waals surface area contributed by atoms with Gasteiger partial charge in [-0.15, -0.1) is 11.3 Å². The van der Waals surface area contributed by atoms with E-state index in [1.807, 2.05) is 23.6 Å². The Hall–Kier alpha value is -2.91. The summed E-state index contributed by atoms with van der Waals surface area (Å²) >= 11 is 3.12. The molecule has 0 radical (unpaired) electrons. The van der Waals surface area contributed by atoms with Gasteiger partial charge >= 0.3 is 0 Å². The quantitative estimate of drug-likeness (QED) is 0.463. The summed E-state index contributed by atoms with van der Waals surface area (Å²) in [5, 5.41) is 5.33. The van der Waals surface area contributed by atoms with Crippen LogP contribution in [0, 0.1) is 0 Å². The van der Waals surface area contributed by atoms with Crippen molar-refractivity contribution in [2.24, 2.45) is 0 Å². The molecule has 0 unspecified atom stereocenters. The third-order valence-corrected chi connectivity index (χ3v) is 6.16. The lowest BCUT2D eigenvalue weighted by atomic mass is 10.2. The number of amides is 1. The zero-order chi connectivity index (χ0) is 22.2. The average Bonchev–Trinajstić information content (AvgIpc) is 3.25. The number of hydrogen-bond acceptors (Lipinski definition) is 8. The molecule has 3 aromatic rings. The monoisotopic (exact) mass is 460 g/mol. The average molecular weight is 461 g/mol.